The van der Waals surface area contributed by atoms with Gasteiger partial charge < -0.3 is 14.2 Å². The molecule has 2 heterocycles. The van der Waals surface area contributed by atoms with Gasteiger partial charge in [0.25, 0.3) is 0 Å². The first-order valence-corrected chi connectivity index (χ1v) is 9.61. The summed E-state index contributed by atoms with van der Waals surface area (Å²) in [6, 6.07) is 8.25. The van der Waals surface area contributed by atoms with E-state index < -0.39 is 0 Å². The van der Waals surface area contributed by atoms with E-state index in [0.29, 0.717) is 18.9 Å². The molecule has 1 atom stereocenters. The van der Waals surface area contributed by atoms with Gasteiger partial charge in [-0.05, 0) is 50.1 Å². The van der Waals surface area contributed by atoms with Crippen LogP contribution in [0.15, 0.2) is 24.3 Å². The number of amides is 1. The van der Waals surface area contributed by atoms with Gasteiger partial charge in [0, 0.05) is 19.5 Å². The number of benzene rings is 1. The summed E-state index contributed by atoms with van der Waals surface area (Å²) < 4.78 is 12.3. The van der Waals surface area contributed by atoms with E-state index in [0.717, 1.165) is 17.6 Å². The predicted octanol–water partition coefficient (Wildman–Crippen LogP) is 3.38. The molecule has 0 N–H and O–H groups in total. The summed E-state index contributed by atoms with van der Waals surface area (Å²) >= 11 is 0. The molecule has 0 aliphatic carbocycles. The summed E-state index contributed by atoms with van der Waals surface area (Å²) in [6.07, 6.45) is 0.653. The van der Waals surface area contributed by atoms with Gasteiger partial charge in [0.1, 0.15) is 0 Å². The Morgan fingerprint density at radius 2 is 1.77 bits per heavy atom. The summed E-state index contributed by atoms with van der Waals surface area (Å²) in [7, 11) is -0.364. The minimum atomic E-state index is -0.364. The second-order valence-corrected chi connectivity index (χ2v) is 9.87. The fourth-order valence-corrected chi connectivity index (χ4v) is 3.54. The van der Waals surface area contributed by atoms with Gasteiger partial charge >= 0.3 is 7.12 Å². The average Bonchev–Trinajstić information content (AvgIpc) is 2.97. The molecular formula is C21H32BNO3. The van der Waals surface area contributed by atoms with Crippen LogP contribution in [-0.2, 0) is 20.6 Å². The molecule has 2 fully saturated rings. The zero-order chi connectivity index (χ0) is 19.3. The molecule has 26 heavy (non-hydrogen) atoms. The maximum atomic E-state index is 12.4. The number of hydrogen-bond donors (Lipinski definition) is 0. The molecule has 1 aromatic carbocycles. The SMILES string of the molecule is CC(C)(C)C1CC(=O)N(Cc2cccc(B3OC(C)(C)C(C)(C)O3)c2)C1. The highest BCUT2D eigenvalue weighted by atomic mass is 16.7. The minimum Gasteiger partial charge on any atom is -0.399 e. The third kappa shape index (κ3) is 3.70. The second-order valence-electron chi connectivity index (χ2n) is 9.87. The molecule has 0 aromatic heterocycles. The fourth-order valence-electron chi connectivity index (χ4n) is 3.54. The Hall–Kier alpha value is -1.33. The monoisotopic (exact) mass is 357 g/mol. The first kappa shape index (κ1) is 19.4. The third-order valence-electron chi connectivity index (χ3n) is 6.29. The van der Waals surface area contributed by atoms with Crippen molar-refractivity contribution < 1.29 is 14.1 Å². The van der Waals surface area contributed by atoms with Crippen molar-refractivity contribution in [3.63, 3.8) is 0 Å². The highest BCUT2D eigenvalue weighted by Gasteiger charge is 2.51. The largest absolute Gasteiger partial charge is 0.494 e. The zero-order valence-electron chi connectivity index (χ0n) is 17.3. The van der Waals surface area contributed by atoms with E-state index in [4.69, 9.17) is 9.31 Å². The van der Waals surface area contributed by atoms with E-state index in [9.17, 15) is 4.79 Å². The Kier molecular flexibility index (Phi) is 4.77. The number of rotatable bonds is 3. The lowest BCUT2D eigenvalue weighted by Crippen LogP contribution is -2.41. The number of hydrogen-bond acceptors (Lipinski definition) is 3. The Bertz CT molecular complexity index is 677. The molecule has 1 amide bonds. The summed E-state index contributed by atoms with van der Waals surface area (Å²) in [5, 5.41) is 0. The van der Waals surface area contributed by atoms with Crippen LogP contribution < -0.4 is 5.46 Å². The van der Waals surface area contributed by atoms with E-state index in [1.165, 1.54) is 0 Å². The van der Waals surface area contributed by atoms with Crippen molar-refractivity contribution >= 4 is 18.5 Å². The van der Waals surface area contributed by atoms with Gasteiger partial charge in [0.15, 0.2) is 0 Å². The van der Waals surface area contributed by atoms with Gasteiger partial charge in [0.2, 0.25) is 5.91 Å². The van der Waals surface area contributed by atoms with E-state index in [1.807, 2.05) is 17.0 Å². The predicted molar refractivity (Wildman–Crippen MR) is 105 cm³/mol. The van der Waals surface area contributed by atoms with Crippen molar-refractivity contribution in [1.82, 2.24) is 4.90 Å². The van der Waals surface area contributed by atoms with Crippen LogP contribution in [0, 0.1) is 11.3 Å². The second kappa shape index (κ2) is 6.38. The number of carbonyl (C=O) groups is 1. The quantitative estimate of drug-likeness (QED) is 0.779. The Balaban J connectivity index is 1.72. The lowest BCUT2D eigenvalue weighted by atomic mass is 9.78. The van der Waals surface area contributed by atoms with Crippen LogP contribution in [0.25, 0.3) is 0 Å². The average molecular weight is 357 g/mol. The molecule has 2 aliphatic heterocycles. The lowest BCUT2D eigenvalue weighted by molar-refractivity contribution is -0.128. The molecule has 2 saturated heterocycles. The van der Waals surface area contributed by atoms with Crippen molar-refractivity contribution in [3.05, 3.63) is 29.8 Å². The molecule has 4 nitrogen and oxygen atoms in total. The topological polar surface area (TPSA) is 38.8 Å². The summed E-state index contributed by atoms with van der Waals surface area (Å²) in [4.78, 5) is 14.4. The van der Waals surface area contributed by atoms with Crippen molar-refractivity contribution in [1.29, 1.82) is 0 Å². The molecule has 1 aromatic rings. The van der Waals surface area contributed by atoms with Crippen molar-refractivity contribution in [2.45, 2.75) is 72.6 Å². The number of nitrogens with zero attached hydrogens (tertiary/aromatic N) is 1. The highest BCUT2D eigenvalue weighted by Crippen LogP contribution is 2.37. The molecule has 1 unspecified atom stereocenters. The van der Waals surface area contributed by atoms with Crippen LogP contribution in [0.3, 0.4) is 0 Å². The zero-order valence-corrected chi connectivity index (χ0v) is 17.3. The van der Waals surface area contributed by atoms with Crippen molar-refractivity contribution in [2.75, 3.05) is 6.54 Å². The normalized spacial score (nSPS) is 25.2. The first-order chi connectivity index (χ1) is 11.9. The Labute approximate surface area is 158 Å². The van der Waals surface area contributed by atoms with Crippen LogP contribution >= 0.6 is 0 Å². The van der Waals surface area contributed by atoms with Crippen molar-refractivity contribution in [3.8, 4) is 0 Å². The smallest absolute Gasteiger partial charge is 0.399 e. The van der Waals surface area contributed by atoms with Crippen LogP contribution in [0.1, 0.15) is 60.5 Å². The summed E-state index contributed by atoms with van der Waals surface area (Å²) in [5.41, 5.74) is 1.60. The van der Waals surface area contributed by atoms with Gasteiger partial charge in [-0.15, -0.1) is 0 Å². The molecule has 2 aliphatic rings. The van der Waals surface area contributed by atoms with Crippen LogP contribution in [0.2, 0.25) is 0 Å². The standard InChI is InChI=1S/C21H32BNO3/c1-19(2,3)16-12-18(24)23(14-16)13-15-9-8-10-17(11-15)22-25-20(4,5)21(6,7)26-22/h8-11,16H,12-14H2,1-7H3. The lowest BCUT2D eigenvalue weighted by Gasteiger charge is -2.32. The number of likely N-dealkylation sites (tertiary alicyclic amines) is 1. The number of carbonyl (C=O) groups excluding carboxylic acids is 1. The molecule has 0 bridgehead atoms. The fraction of sp³-hybridized carbons (Fsp3) is 0.667. The van der Waals surface area contributed by atoms with E-state index in [1.54, 1.807) is 0 Å². The first-order valence-electron chi connectivity index (χ1n) is 9.61. The molecule has 142 valence electrons. The molecule has 5 heteroatoms. The molecular weight excluding hydrogens is 325 g/mol. The summed E-state index contributed by atoms with van der Waals surface area (Å²) in [6.45, 7) is 16.4. The van der Waals surface area contributed by atoms with Gasteiger partial charge in [-0.3, -0.25) is 4.79 Å². The van der Waals surface area contributed by atoms with E-state index in [2.05, 4.69) is 60.6 Å². The van der Waals surface area contributed by atoms with E-state index >= 15 is 0 Å². The Morgan fingerprint density at radius 3 is 2.31 bits per heavy atom. The minimum absolute atomic E-state index is 0.162. The molecule has 0 saturated carbocycles. The maximum Gasteiger partial charge on any atom is 0.494 e. The van der Waals surface area contributed by atoms with Gasteiger partial charge in [0.05, 0.1) is 11.2 Å². The Morgan fingerprint density at radius 1 is 1.15 bits per heavy atom. The van der Waals surface area contributed by atoms with Gasteiger partial charge in [-0.2, -0.15) is 0 Å². The van der Waals surface area contributed by atoms with Gasteiger partial charge in [-0.1, -0.05) is 45.0 Å². The molecule has 0 spiro atoms. The summed E-state index contributed by atoms with van der Waals surface area (Å²) in [5.74, 6) is 0.673. The van der Waals surface area contributed by atoms with E-state index in [-0.39, 0.29) is 29.6 Å². The molecule has 3 rings (SSSR count). The maximum absolute atomic E-state index is 12.4. The van der Waals surface area contributed by atoms with Gasteiger partial charge in [-0.25, -0.2) is 0 Å². The van der Waals surface area contributed by atoms with Crippen LogP contribution in [-0.4, -0.2) is 35.7 Å². The van der Waals surface area contributed by atoms with Crippen molar-refractivity contribution in [2.24, 2.45) is 11.3 Å². The third-order valence-corrected chi connectivity index (χ3v) is 6.29. The highest BCUT2D eigenvalue weighted by molar-refractivity contribution is 6.62. The molecule has 0 radical (unpaired) electrons. The van der Waals surface area contributed by atoms with Crippen LogP contribution in [0.5, 0.6) is 0 Å². The van der Waals surface area contributed by atoms with Crippen LogP contribution in [0.4, 0.5) is 0 Å².